The summed E-state index contributed by atoms with van der Waals surface area (Å²) in [6, 6.07) is 0. The van der Waals surface area contributed by atoms with Crippen LogP contribution in [0.5, 0.6) is 0 Å². The molecule has 0 aliphatic rings. The summed E-state index contributed by atoms with van der Waals surface area (Å²) >= 11 is 1.87. The van der Waals surface area contributed by atoms with Gasteiger partial charge in [0.2, 0.25) is 0 Å². The second-order valence-electron chi connectivity index (χ2n) is 4.20. The fraction of sp³-hybridized carbons (Fsp3) is 0.667. The van der Waals surface area contributed by atoms with E-state index in [1.54, 1.807) is 0 Å². The molecule has 0 aromatic carbocycles. The van der Waals surface area contributed by atoms with Crippen molar-refractivity contribution in [2.75, 3.05) is 32.6 Å². The van der Waals surface area contributed by atoms with Crippen LogP contribution in [-0.4, -0.2) is 53.3 Å². The lowest BCUT2D eigenvalue weighted by molar-refractivity contribution is 0.476. The van der Waals surface area contributed by atoms with Crippen LogP contribution < -0.4 is 5.32 Å². The second kappa shape index (κ2) is 10.4. The molecule has 0 unspecified atom stereocenters. The molecule has 1 heterocycles. The predicted molar refractivity (Wildman–Crippen MR) is 94.5 cm³/mol. The Hall–Kier alpha value is -0.440. The normalized spacial score (nSPS) is 11.1. The highest BCUT2D eigenvalue weighted by Gasteiger charge is 2.06. The highest BCUT2D eigenvalue weighted by molar-refractivity contribution is 14.0. The lowest BCUT2D eigenvalue weighted by Crippen LogP contribution is -2.38. The molecule has 0 spiro atoms. The fourth-order valence-electron chi connectivity index (χ4n) is 1.70. The van der Waals surface area contributed by atoms with Crippen LogP contribution in [0.4, 0.5) is 0 Å². The van der Waals surface area contributed by atoms with Crippen molar-refractivity contribution in [2.24, 2.45) is 12.0 Å². The zero-order chi connectivity index (χ0) is 13.4. The van der Waals surface area contributed by atoms with Crippen molar-refractivity contribution < 1.29 is 0 Å². The summed E-state index contributed by atoms with van der Waals surface area (Å²) < 4.78 is 1.82. The Morgan fingerprint density at radius 1 is 1.58 bits per heavy atom. The molecule has 0 bridgehead atoms. The van der Waals surface area contributed by atoms with Crippen molar-refractivity contribution in [2.45, 2.75) is 13.0 Å². The zero-order valence-corrected chi connectivity index (χ0v) is 15.2. The third kappa shape index (κ3) is 7.05. The van der Waals surface area contributed by atoms with Crippen molar-refractivity contribution in [3.63, 3.8) is 0 Å². The average Bonchev–Trinajstić information content (AvgIpc) is 2.75. The average molecular weight is 397 g/mol. The molecule has 1 rings (SSSR count). The molecular formula is C12H24IN5S. The summed E-state index contributed by atoms with van der Waals surface area (Å²) in [7, 11) is 5.78. The van der Waals surface area contributed by atoms with Crippen LogP contribution in [0.15, 0.2) is 17.4 Å². The van der Waals surface area contributed by atoms with Crippen molar-refractivity contribution in [3.8, 4) is 0 Å². The molecule has 0 atom stereocenters. The van der Waals surface area contributed by atoms with Gasteiger partial charge in [-0.2, -0.15) is 16.9 Å². The Morgan fingerprint density at radius 2 is 2.32 bits per heavy atom. The number of hydrogen-bond acceptors (Lipinski definition) is 3. The minimum Gasteiger partial charge on any atom is -0.356 e. The second-order valence-corrected chi connectivity index (χ2v) is 5.18. The maximum Gasteiger partial charge on any atom is 0.193 e. The molecule has 5 nitrogen and oxygen atoms in total. The van der Waals surface area contributed by atoms with E-state index < -0.39 is 0 Å². The van der Waals surface area contributed by atoms with Gasteiger partial charge in [-0.25, -0.2) is 0 Å². The molecule has 110 valence electrons. The number of nitrogens with one attached hydrogen (secondary N) is 1. The lowest BCUT2D eigenvalue weighted by Gasteiger charge is -2.21. The largest absolute Gasteiger partial charge is 0.356 e. The SMILES string of the molecule is CN=C(NCCCSC)N(C)Cc1cnn(C)c1.I. The van der Waals surface area contributed by atoms with Crippen molar-refractivity contribution >= 4 is 41.7 Å². The van der Waals surface area contributed by atoms with Crippen LogP contribution in [0.25, 0.3) is 0 Å². The summed E-state index contributed by atoms with van der Waals surface area (Å²) in [4.78, 5) is 6.39. The van der Waals surface area contributed by atoms with E-state index >= 15 is 0 Å². The Labute approximate surface area is 137 Å². The van der Waals surface area contributed by atoms with E-state index in [4.69, 9.17) is 0 Å². The third-order valence-electron chi connectivity index (χ3n) is 2.56. The molecule has 0 fully saturated rings. The lowest BCUT2D eigenvalue weighted by atomic mass is 10.3. The van der Waals surface area contributed by atoms with E-state index in [2.05, 4.69) is 26.6 Å². The minimum atomic E-state index is 0. The number of halogens is 1. The maximum absolute atomic E-state index is 4.29. The molecular weight excluding hydrogens is 373 g/mol. The van der Waals surface area contributed by atoms with Gasteiger partial charge in [-0.05, 0) is 18.4 Å². The van der Waals surface area contributed by atoms with Gasteiger partial charge in [-0.15, -0.1) is 24.0 Å². The molecule has 0 radical (unpaired) electrons. The maximum atomic E-state index is 4.29. The van der Waals surface area contributed by atoms with Gasteiger partial charge >= 0.3 is 0 Å². The molecule has 19 heavy (non-hydrogen) atoms. The molecule has 0 saturated carbocycles. The molecule has 1 aromatic heterocycles. The van der Waals surface area contributed by atoms with Gasteiger partial charge in [0, 0.05) is 46.0 Å². The number of guanidine groups is 1. The third-order valence-corrected chi connectivity index (χ3v) is 3.26. The predicted octanol–water partition coefficient (Wildman–Crippen LogP) is 1.80. The van der Waals surface area contributed by atoms with Gasteiger partial charge in [0.25, 0.3) is 0 Å². The molecule has 0 amide bonds. The fourth-order valence-corrected chi connectivity index (χ4v) is 2.14. The summed E-state index contributed by atoms with van der Waals surface area (Å²) in [6.45, 7) is 1.78. The van der Waals surface area contributed by atoms with Crippen LogP contribution in [0, 0.1) is 0 Å². The first-order chi connectivity index (χ1) is 8.67. The van der Waals surface area contributed by atoms with E-state index in [0.717, 1.165) is 25.5 Å². The molecule has 0 aliphatic carbocycles. The van der Waals surface area contributed by atoms with Crippen LogP contribution in [0.2, 0.25) is 0 Å². The summed E-state index contributed by atoms with van der Waals surface area (Å²) in [5.41, 5.74) is 1.19. The Bertz CT molecular complexity index is 380. The standard InChI is InChI=1S/C12H23N5S.HI/c1-13-12(14-6-5-7-18-4)16(2)9-11-8-15-17(3)10-11;/h8,10H,5-7,9H2,1-4H3,(H,13,14);1H. The van der Waals surface area contributed by atoms with E-state index in [-0.39, 0.29) is 24.0 Å². The van der Waals surface area contributed by atoms with E-state index in [0.29, 0.717) is 0 Å². The van der Waals surface area contributed by atoms with Gasteiger partial charge < -0.3 is 10.2 Å². The molecule has 1 aromatic rings. The summed E-state index contributed by atoms with van der Waals surface area (Å²) in [6.07, 6.45) is 7.19. The zero-order valence-electron chi connectivity index (χ0n) is 12.1. The quantitative estimate of drug-likeness (QED) is 0.344. The van der Waals surface area contributed by atoms with Crippen molar-refractivity contribution in [1.29, 1.82) is 0 Å². The highest BCUT2D eigenvalue weighted by atomic mass is 127. The molecule has 0 aliphatic heterocycles. The van der Waals surface area contributed by atoms with E-state index in [9.17, 15) is 0 Å². The van der Waals surface area contributed by atoms with Crippen LogP contribution >= 0.6 is 35.7 Å². The number of aromatic nitrogens is 2. The molecule has 1 N–H and O–H groups in total. The Morgan fingerprint density at radius 3 is 2.84 bits per heavy atom. The first-order valence-electron chi connectivity index (χ1n) is 6.05. The van der Waals surface area contributed by atoms with Crippen molar-refractivity contribution in [1.82, 2.24) is 20.0 Å². The minimum absolute atomic E-state index is 0. The summed E-state index contributed by atoms with van der Waals surface area (Å²) in [5.74, 6) is 2.11. The van der Waals surface area contributed by atoms with E-state index in [1.165, 1.54) is 11.3 Å². The van der Waals surface area contributed by atoms with Gasteiger partial charge in [-0.3, -0.25) is 9.67 Å². The summed E-state index contributed by atoms with van der Waals surface area (Å²) in [5, 5.41) is 7.53. The van der Waals surface area contributed by atoms with Crippen LogP contribution in [-0.2, 0) is 13.6 Å². The number of rotatable bonds is 6. The first-order valence-corrected chi connectivity index (χ1v) is 7.45. The number of hydrogen-bond donors (Lipinski definition) is 1. The van der Waals surface area contributed by atoms with Gasteiger partial charge in [0.15, 0.2) is 5.96 Å². The highest BCUT2D eigenvalue weighted by Crippen LogP contribution is 2.01. The Kier molecular flexibility index (Phi) is 10.1. The smallest absolute Gasteiger partial charge is 0.193 e. The van der Waals surface area contributed by atoms with Gasteiger partial charge in [0.05, 0.1) is 6.20 Å². The van der Waals surface area contributed by atoms with Crippen molar-refractivity contribution in [3.05, 3.63) is 18.0 Å². The molecule has 0 saturated heterocycles. The molecule has 7 heteroatoms. The van der Waals surface area contributed by atoms with Gasteiger partial charge in [0.1, 0.15) is 0 Å². The van der Waals surface area contributed by atoms with Gasteiger partial charge in [-0.1, -0.05) is 0 Å². The van der Waals surface area contributed by atoms with Crippen LogP contribution in [0.3, 0.4) is 0 Å². The van der Waals surface area contributed by atoms with E-state index in [1.807, 2.05) is 50.0 Å². The number of nitrogens with zero attached hydrogens (tertiary/aromatic N) is 4. The number of aliphatic imine (C=N–C) groups is 1. The Balaban J connectivity index is 0.00000324. The first kappa shape index (κ1) is 18.6. The topological polar surface area (TPSA) is 45.5 Å². The number of aryl methyl sites for hydroxylation is 1. The monoisotopic (exact) mass is 397 g/mol. The van der Waals surface area contributed by atoms with Crippen LogP contribution in [0.1, 0.15) is 12.0 Å². The number of thioether (sulfide) groups is 1.